The fraction of sp³-hybridized carbons (Fsp3) is 0.821. The van der Waals surface area contributed by atoms with Gasteiger partial charge in [0.2, 0.25) is 5.91 Å². The Morgan fingerprint density at radius 2 is 0.976 bits per heavy atom. The molecule has 0 aromatic heterocycles. The molecule has 0 fully saturated rings. The highest BCUT2D eigenvalue weighted by Crippen LogP contribution is 2.09. The number of unbranched alkanes of at least 4 members (excludes halogenated alkanes) is 2. The molecule has 0 saturated carbocycles. The van der Waals surface area contributed by atoms with Crippen molar-refractivity contribution in [3.8, 4) is 0 Å². The summed E-state index contributed by atoms with van der Waals surface area (Å²) in [5.41, 5.74) is 0. The maximum Gasteiger partial charge on any atom is 0.253 e. The van der Waals surface area contributed by atoms with Crippen LogP contribution in [-0.4, -0.2) is 154 Å². The van der Waals surface area contributed by atoms with Crippen molar-refractivity contribution in [1.82, 2.24) is 9.80 Å². The van der Waals surface area contributed by atoms with E-state index in [1.807, 2.05) is 0 Å². The zero-order valence-corrected chi connectivity index (χ0v) is 24.9. The standard InChI is InChI=1S/C28H50N2O11/c1-34-14-16-38-22-24-40-20-18-36-12-10-29(11-13-37-19-21-41-25-23-39-17-15-35-2)26(31)6-4-3-5-9-30-27(32)7-8-28(30)33/h7-8H,3-6,9-25H2,1-2H3. The molecular formula is C28H50N2O11. The fourth-order valence-corrected chi connectivity index (χ4v) is 3.61. The summed E-state index contributed by atoms with van der Waals surface area (Å²) in [5.74, 6) is -0.543. The first-order valence-corrected chi connectivity index (χ1v) is 14.4. The molecule has 0 bridgehead atoms. The van der Waals surface area contributed by atoms with Gasteiger partial charge in [-0.3, -0.25) is 19.3 Å². The fourth-order valence-electron chi connectivity index (χ4n) is 3.61. The molecule has 1 aliphatic heterocycles. The molecule has 1 rings (SSSR count). The molecule has 3 amide bonds. The molecule has 0 aliphatic carbocycles. The van der Waals surface area contributed by atoms with Gasteiger partial charge in [0.05, 0.1) is 92.5 Å². The normalized spacial score (nSPS) is 13.1. The number of hydrogen-bond acceptors (Lipinski definition) is 11. The minimum atomic E-state index is -0.279. The lowest BCUT2D eigenvalue weighted by molar-refractivity contribution is -0.137. The highest BCUT2D eigenvalue weighted by molar-refractivity contribution is 6.12. The first-order valence-electron chi connectivity index (χ1n) is 14.4. The van der Waals surface area contributed by atoms with Crippen LogP contribution < -0.4 is 0 Å². The largest absolute Gasteiger partial charge is 0.382 e. The Balaban J connectivity index is 2.22. The predicted molar refractivity (Wildman–Crippen MR) is 150 cm³/mol. The summed E-state index contributed by atoms with van der Waals surface area (Å²) < 4.78 is 42.7. The Morgan fingerprint density at radius 1 is 0.585 bits per heavy atom. The second-order valence-corrected chi connectivity index (χ2v) is 9.01. The lowest BCUT2D eigenvalue weighted by Gasteiger charge is -2.23. The number of nitrogens with zero attached hydrogens (tertiary/aromatic N) is 2. The molecule has 0 aromatic carbocycles. The van der Waals surface area contributed by atoms with Gasteiger partial charge in [-0.1, -0.05) is 6.42 Å². The SMILES string of the molecule is COCCOCCOCCOCCN(CCOCCOCCOCCOC)C(=O)CCCCCN1C(=O)C=CC1=O. The Hall–Kier alpha value is -1.97. The molecule has 0 aromatic rings. The Morgan fingerprint density at radius 3 is 1.39 bits per heavy atom. The lowest BCUT2D eigenvalue weighted by Crippen LogP contribution is -2.37. The molecular weight excluding hydrogens is 540 g/mol. The molecule has 0 N–H and O–H groups in total. The van der Waals surface area contributed by atoms with Gasteiger partial charge in [-0.25, -0.2) is 0 Å². The van der Waals surface area contributed by atoms with Crippen LogP contribution in [0.4, 0.5) is 0 Å². The quantitative estimate of drug-likeness (QED) is 0.0865. The van der Waals surface area contributed by atoms with E-state index in [-0.39, 0.29) is 17.7 Å². The molecule has 1 heterocycles. The van der Waals surface area contributed by atoms with Crippen LogP contribution in [0, 0.1) is 0 Å². The summed E-state index contributed by atoms with van der Waals surface area (Å²) >= 11 is 0. The first-order chi connectivity index (χ1) is 20.1. The van der Waals surface area contributed by atoms with Gasteiger partial charge in [-0.15, -0.1) is 0 Å². The molecule has 41 heavy (non-hydrogen) atoms. The number of amides is 3. The van der Waals surface area contributed by atoms with Crippen molar-refractivity contribution in [3.63, 3.8) is 0 Å². The topological polar surface area (TPSA) is 132 Å². The average molecular weight is 591 g/mol. The van der Waals surface area contributed by atoms with E-state index in [1.165, 1.54) is 17.1 Å². The smallest absolute Gasteiger partial charge is 0.253 e. The van der Waals surface area contributed by atoms with Crippen molar-refractivity contribution >= 4 is 17.7 Å². The third-order valence-electron chi connectivity index (χ3n) is 5.89. The highest BCUT2D eigenvalue weighted by Gasteiger charge is 2.22. The zero-order chi connectivity index (χ0) is 29.8. The third-order valence-corrected chi connectivity index (χ3v) is 5.89. The van der Waals surface area contributed by atoms with E-state index < -0.39 is 0 Å². The summed E-state index contributed by atoms with van der Waals surface area (Å²) in [5, 5.41) is 0. The number of ether oxygens (including phenoxy) is 8. The number of rotatable bonds is 30. The Bertz CT molecular complexity index is 665. The van der Waals surface area contributed by atoms with Crippen LogP contribution in [0.3, 0.4) is 0 Å². The maximum atomic E-state index is 12.9. The van der Waals surface area contributed by atoms with Crippen LogP contribution in [0.1, 0.15) is 25.7 Å². The van der Waals surface area contributed by atoms with Crippen LogP contribution in [0.15, 0.2) is 12.2 Å². The van der Waals surface area contributed by atoms with Crippen molar-refractivity contribution < 1.29 is 52.3 Å². The van der Waals surface area contributed by atoms with E-state index in [2.05, 4.69) is 0 Å². The van der Waals surface area contributed by atoms with E-state index >= 15 is 0 Å². The van der Waals surface area contributed by atoms with E-state index in [0.29, 0.717) is 131 Å². The van der Waals surface area contributed by atoms with Crippen molar-refractivity contribution in [3.05, 3.63) is 12.2 Å². The maximum absolute atomic E-state index is 12.9. The van der Waals surface area contributed by atoms with Crippen molar-refractivity contribution in [2.75, 3.05) is 126 Å². The second kappa shape index (κ2) is 26.9. The van der Waals surface area contributed by atoms with Crippen LogP contribution in [0.2, 0.25) is 0 Å². The van der Waals surface area contributed by atoms with Crippen LogP contribution in [-0.2, 0) is 52.3 Å². The Kier molecular flexibility index (Phi) is 24.3. The van der Waals surface area contributed by atoms with Gasteiger partial charge in [0, 0.05) is 52.4 Å². The van der Waals surface area contributed by atoms with Crippen molar-refractivity contribution in [2.45, 2.75) is 25.7 Å². The molecule has 0 unspecified atom stereocenters. The monoisotopic (exact) mass is 590 g/mol. The number of hydrogen-bond donors (Lipinski definition) is 0. The molecule has 0 atom stereocenters. The summed E-state index contributed by atoms with van der Waals surface area (Å²) in [6.07, 6.45) is 5.00. The van der Waals surface area contributed by atoms with Gasteiger partial charge in [0.25, 0.3) is 11.8 Å². The summed E-state index contributed by atoms with van der Waals surface area (Å²) in [6.45, 7) is 7.92. The summed E-state index contributed by atoms with van der Waals surface area (Å²) in [4.78, 5) is 39.1. The third kappa shape index (κ3) is 20.5. The van der Waals surface area contributed by atoms with Gasteiger partial charge in [-0.2, -0.15) is 0 Å². The molecule has 0 saturated heterocycles. The molecule has 13 nitrogen and oxygen atoms in total. The van der Waals surface area contributed by atoms with Crippen LogP contribution >= 0.6 is 0 Å². The number of methoxy groups -OCH3 is 2. The minimum absolute atomic E-state index is 0.0149. The number of carbonyl (C=O) groups is 3. The van der Waals surface area contributed by atoms with E-state index in [4.69, 9.17) is 37.9 Å². The zero-order valence-electron chi connectivity index (χ0n) is 24.9. The summed E-state index contributed by atoms with van der Waals surface area (Å²) in [6, 6.07) is 0. The molecule has 0 radical (unpaired) electrons. The second-order valence-electron chi connectivity index (χ2n) is 9.01. The van der Waals surface area contributed by atoms with Crippen LogP contribution in [0.5, 0.6) is 0 Å². The van der Waals surface area contributed by atoms with Gasteiger partial charge >= 0.3 is 0 Å². The van der Waals surface area contributed by atoms with Gasteiger partial charge < -0.3 is 42.8 Å². The summed E-state index contributed by atoms with van der Waals surface area (Å²) in [7, 11) is 3.25. The number of imide groups is 1. The number of carbonyl (C=O) groups excluding carboxylic acids is 3. The van der Waals surface area contributed by atoms with Crippen molar-refractivity contribution in [2.24, 2.45) is 0 Å². The first kappa shape index (κ1) is 37.1. The highest BCUT2D eigenvalue weighted by atomic mass is 16.6. The molecule has 238 valence electrons. The molecule has 0 spiro atoms. The lowest BCUT2D eigenvalue weighted by atomic mass is 10.1. The van der Waals surface area contributed by atoms with Crippen LogP contribution in [0.25, 0.3) is 0 Å². The van der Waals surface area contributed by atoms with E-state index in [0.717, 1.165) is 6.42 Å². The van der Waals surface area contributed by atoms with Crippen molar-refractivity contribution in [1.29, 1.82) is 0 Å². The minimum Gasteiger partial charge on any atom is -0.382 e. The van der Waals surface area contributed by atoms with E-state index in [9.17, 15) is 14.4 Å². The molecule has 1 aliphatic rings. The predicted octanol–water partition coefficient (Wildman–Crippen LogP) is 0.693. The van der Waals surface area contributed by atoms with Gasteiger partial charge in [0.1, 0.15) is 0 Å². The van der Waals surface area contributed by atoms with E-state index in [1.54, 1.807) is 19.1 Å². The van der Waals surface area contributed by atoms with Gasteiger partial charge in [-0.05, 0) is 12.8 Å². The molecule has 13 heteroatoms. The average Bonchev–Trinajstić information content (AvgIpc) is 3.29. The van der Waals surface area contributed by atoms with Gasteiger partial charge in [0.15, 0.2) is 0 Å². The Labute approximate surface area is 244 Å².